The average Bonchev–Trinajstić information content (AvgIpc) is 1.61. The van der Waals surface area contributed by atoms with E-state index in [4.69, 9.17) is 66.3 Å². The van der Waals surface area contributed by atoms with Crippen LogP contribution in [0.5, 0.6) is 0 Å². The van der Waals surface area contributed by atoms with Crippen molar-refractivity contribution in [2.24, 2.45) is 16.7 Å². The molecule has 490 valence electrons. The van der Waals surface area contributed by atoms with Gasteiger partial charge in [0.15, 0.2) is 37.2 Å². The number of benzene rings is 1. The Balaban J connectivity index is 0.717. The minimum atomic E-state index is -2.07. The third-order valence-corrected chi connectivity index (χ3v) is 21.4. The smallest absolute Gasteiger partial charge is 0.331 e. The molecule has 3 saturated carbocycles. The molecular weight excluding hydrogens is 1140 g/mol. The van der Waals surface area contributed by atoms with E-state index in [-0.39, 0.29) is 51.0 Å². The van der Waals surface area contributed by atoms with Crippen LogP contribution in [0.25, 0.3) is 6.08 Å². The number of aliphatic hydroxyl groups is 8. The van der Waals surface area contributed by atoms with Gasteiger partial charge in [0, 0.05) is 59.0 Å². The Hall–Kier alpha value is -3.00. The molecule has 0 spiro atoms. The van der Waals surface area contributed by atoms with Gasteiger partial charge in [-0.2, -0.15) is 0 Å². The third kappa shape index (κ3) is 12.3. The summed E-state index contributed by atoms with van der Waals surface area (Å²) in [7, 11) is 4.68. The van der Waals surface area contributed by atoms with Crippen molar-refractivity contribution < 1.29 is 117 Å². The number of hydrogen-bond donors (Lipinski definition) is 8. The zero-order chi connectivity index (χ0) is 62.7. The van der Waals surface area contributed by atoms with Crippen LogP contribution in [-0.4, -0.2) is 239 Å². The molecule has 0 unspecified atom stereocenters. The van der Waals surface area contributed by atoms with Gasteiger partial charge in [-0.1, -0.05) is 48.9 Å². The van der Waals surface area contributed by atoms with Gasteiger partial charge in [0.25, 0.3) is 0 Å². The number of ketones is 1. The summed E-state index contributed by atoms with van der Waals surface area (Å²) in [5, 5.41) is 90.5. The lowest BCUT2D eigenvalue weighted by Gasteiger charge is -2.67. The Bertz CT molecular complexity index is 2560. The first-order chi connectivity index (χ1) is 41.2. The van der Waals surface area contributed by atoms with Gasteiger partial charge in [-0.05, 0) is 104 Å². The van der Waals surface area contributed by atoms with Crippen molar-refractivity contribution in [2.45, 2.75) is 277 Å². The Kier molecular flexibility index (Phi) is 20.4. The lowest BCUT2D eigenvalue weighted by atomic mass is 9.42. The molecule has 9 aliphatic rings. The van der Waals surface area contributed by atoms with Crippen LogP contribution >= 0.6 is 0 Å². The van der Waals surface area contributed by atoms with E-state index in [0.717, 1.165) is 11.1 Å². The van der Waals surface area contributed by atoms with E-state index >= 15 is 0 Å². The number of esters is 1. The highest BCUT2D eigenvalue weighted by molar-refractivity contribution is 5.88. The number of hydrogen-bond acceptors (Lipinski definition) is 24. The van der Waals surface area contributed by atoms with Crippen LogP contribution in [0.3, 0.4) is 0 Å². The normalized spacial score (nSPS) is 49.3. The molecular formula is C63H94O24. The van der Waals surface area contributed by atoms with Gasteiger partial charge in [-0.25, -0.2) is 4.79 Å². The van der Waals surface area contributed by atoms with Crippen LogP contribution in [0.15, 0.2) is 48.1 Å². The predicted molar refractivity (Wildman–Crippen MR) is 303 cm³/mol. The van der Waals surface area contributed by atoms with Gasteiger partial charge >= 0.3 is 5.97 Å². The highest BCUT2D eigenvalue weighted by Gasteiger charge is 2.81. The molecule has 24 nitrogen and oxygen atoms in total. The lowest BCUT2D eigenvalue weighted by molar-refractivity contribution is -0.358. The zero-order valence-electron chi connectivity index (χ0n) is 51.6. The maximum absolute atomic E-state index is 13.6. The van der Waals surface area contributed by atoms with Gasteiger partial charge in [0.05, 0.1) is 67.0 Å². The van der Waals surface area contributed by atoms with E-state index in [9.17, 15) is 50.4 Å². The summed E-state index contributed by atoms with van der Waals surface area (Å²) < 4.78 is 87.4. The Morgan fingerprint density at radius 2 is 1.17 bits per heavy atom. The number of rotatable bonds is 18. The van der Waals surface area contributed by atoms with Crippen LogP contribution < -0.4 is 0 Å². The second-order valence-corrected chi connectivity index (χ2v) is 26.2. The van der Waals surface area contributed by atoms with Gasteiger partial charge in [-0.3, -0.25) is 4.79 Å². The zero-order valence-corrected chi connectivity index (χ0v) is 51.6. The molecule has 29 atom stereocenters. The molecule has 87 heavy (non-hydrogen) atoms. The quantitative estimate of drug-likeness (QED) is 0.0594. The molecule has 5 saturated heterocycles. The molecule has 0 amide bonds. The fourth-order valence-electron chi connectivity index (χ4n) is 16.3. The summed E-state index contributed by atoms with van der Waals surface area (Å²) >= 11 is 0. The number of ether oxygens (including phenoxy) is 14. The van der Waals surface area contributed by atoms with Crippen molar-refractivity contribution in [3.05, 3.63) is 53.6 Å². The molecule has 1 aromatic rings. The van der Waals surface area contributed by atoms with E-state index < -0.39 is 187 Å². The minimum absolute atomic E-state index is 0.0527. The molecule has 10 rings (SSSR count). The Morgan fingerprint density at radius 1 is 0.644 bits per heavy atom. The van der Waals surface area contributed by atoms with Crippen LogP contribution in [0.2, 0.25) is 0 Å². The van der Waals surface area contributed by atoms with Crippen molar-refractivity contribution >= 4 is 17.8 Å². The number of Topliss-reactive ketones (excluding diaryl/α,β-unsaturated/α-hetero) is 1. The lowest BCUT2D eigenvalue weighted by Crippen LogP contribution is -2.78. The number of carbonyl (C=O) groups excluding carboxylic acids is 2. The second kappa shape index (κ2) is 26.5. The first kappa shape index (κ1) is 66.9. The first-order valence-corrected chi connectivity index (χ1v) is 31.0. The van der Waals surface area contributed by atoms with E-state index in [0.29, 0.717) is 25.7 Å². The average molecular weight is 1240 g/mol. The van der Waals surface area contributed by atoms with E-state index in [1.165, 1.54) is 20.1 Å². The van der Waals surface area contributed by atoms with Crippen molar-refractivity contribution in [2.75, 3.05) is 27.9 Å². The number of carbonyl (C=O) groups is 2. The van der Waals surface area contributed by atoms with Gasteiger partial charge < -0.3 is 107 Å². The molecule has 8 fully saturated rings. The van der Waals surface area contributed by atoms with Crippen molar-refractivity contribution in [3.8, 4) is 0 Å². The van der Waals surface area contributed by atoms with Crippen molar-refractivity contribution in [1.29, 1.82) is 0 Å². The van der Waals surface area contributed by atoms with Gasteiger partial charge in [0.2, 0.25) is 0 Å². The van der Waals surface area contributed by atoms with Crippen LogP contribution in [0, 0.1) is 16.7 Å². The monoisotopic (exact) mass is 1230 g/mol. The van der Waals surface area contributed by atoms with Crippen LogP contribution in [-0.2, 0) is 75.9 Å². The van der Waals surface area contributed by atoms with Crippen molar-refractivity contribution in [1.82, 2.24) is 0 Å². The summed E-state index contributed by atoms with van der Waals surface area (Å²) in [6.07, 6.45) is -12.3. The molecule has 0 bridgehead atoms. The summed E-state index contributed by atoms with van der Waals surface area (Å²) in [5.74, 6) is -1.86. The predicted octanol–water partition coefficient (Wildman–Crippen LogP) is 2.41. The third-order valence-electron chi connectivity index (χ3n) is 21.4. The highest BCUT2D eigenvalue weighted by Crippen LogP contribution is 2.71. The van der Waals surface area contributed by atoms with E-state index in [1.54, 1.807) is 41.1 Å². The molecule has 5 aliphatic heterocycles. The molecule has 0 radical (unpaired) electrons. The second-order valence-electron chi connectivity index (χ2n) is 26.2. The summed E-state index contributed by atoms with van der Waals surface area (Å²) in [6.45, 7) is 11.6. The van der Waals surface area contributed by atoms with Gasteiger partial charge in [-0.15, -0.1) is 0 Å². The fourth-order valence-corrected chi connectivity index (χ4v) is 16.3. The van der Waals surface area contributed by atoms with Crippen molar-refractivity contribution in [3.63, 3.8) is 0 Å². The molecule has 24 heteroatoms. The Morgan fingerprint density at radius 3 is 1.71 bits per heavy atom. The van der Waals surface area contributed by atoms with E-state index in [2.05, 4.69) is 6.92 Å². The topological polar surface area (TPSA) is 325 Å². The number of fused-ring (bicyclic) bond motifs is 5. The molecule has 1 aromatic carbocycles. The summed E-state index contributed by atoms with van der Waals surface area (Å²) in [6, 6.07) is 9.25. The van der Waals surface area contributed by atoms with Crippen LogP contribution in [0.1, 0.15) is 125 Å². The molecule has 0 aromatic heterocycles. The van der Waals surface area contributed by atoms with E-state index in [1.807, 2.05) is 50.3 Å². The maximum Gasteiger partial charge on any atom is 0.331 e. The molecule has 8 N–H and O–H groups in total. The van der Waals surface area contributed by atoms with Gasteiger partial charge in [0.1, 0.15) is 71.7 Å². The summed E-state index contributed by atoms with van der Waals surface area (Å²) in [5.41, 5.74) is -6.39. The molecule has 5 heterocycles. The molecule has 4 aliphatic carbocycles. The fraction of sp³-hybridized carbons (Fsp3) is 0.810. The SMILES string of the molecule is CO[C@H]1C[C@H](O[C@H]2CC[C@@]3(C)C(=CC[C@]4(O)[C@@H]3C[C@@H](OC(=O)/C=C/c3ccccc3)[C@@]3(C)[C@]4(O)CC[C@@]3(O)C(C)=O)C2)O[C@H](C)[C@H]1O[C@H]1C[C@@H](OC)[C@H](O[C@H]2C[C@H](O)[C@H](O[C@H]3C[C@H](OC)[C@H](O[C@@H]4O[C@H](CO)[C@@H](O)[C@H](O)[C@H]4O)[C@@H](C)O3)[C@@H](C)O2)[C@@H](C)O1. The largest absolute Gasteiger partial charge is 0.458 e. The number of methoxy groups -OCH3 is 3. The Labute approximate surface area is 508 Å². The highest BCUT2D eigenvalue weighted by atomic mass is 16.8. The maximum atomic E-state index is 13.6. The summed E-state index contributed by atoms with van der Waals surface area (Å²) in [4.78, 5) is 27.0. The first-order valence-electron chi connectivity index (χ1n) is 31.0. The minimum Gasteiger partial charge on any atom is -0.458 e. The standard InChI is InChI=1S/C63H94O24/c1-31-54(84-49-28-42(76-10)57(34(4)80-49)87-58-53(70)52(69)51(68)43(30-64)82-58)39(66)25-47(77-31)85-55-33(3)79-50(27-41(55)75-9)86-56-32(2)78-48(26-40(56)74-8)81-38-19-20-59(6)37(24-38)18-21-62(72)44(59)29-45(83-46(67)17-16-36-14-12-11-13-15-36)60(7)61(71,35(5)65)22-23-63(60,62)73/h11-18,31-34,38-45,47-58,64,66,68-73H,19-30H2,1-10H3/b17-16+/t31-,32-,33-,34-,38+,39+,40+,41-,42+,43-,44-,45-,47+,48+,49+,50+,51-,52+,53-,54-,55-,56-,57-,58+,59+,60-,61-,62+,63-/m1/s1. The van der Waals surface area contributed by atoms with Crippen LogP contribution in [0.4, 0.5) is 0 Å². The number of aliphatic hydroxyl groups excluding tert-OH is 5.